The Morgan fingerprint density at radius 1 is 0.449 bits per heavy atom. The molecule has 3 aliphatic rings. The molecule has 0 spiro atoms. The molecule has 0 bridgehead atoms. The van der Waals surface area contributed by atoms with Gasteiger partial charge in [-0.05, 0) is 124 Å². The Morgan fingerprint density at radius 3 is 1.70 bits per heavy atom. The zero-order valence-corrected chi connectivity index (χ0v) is 55.9. The second-order valence-corrected chi connectivity index (χ2v) is 31.5. The number of rotatable bonds is 9. The maximum absolute atomic E-state index is 9.49. The van der Waals surface area contributed by atoms with Crippen LogP contribution in [0.2, 0.25) is 0 Å². The molecular formula is C82H75N4OPtSi-3. The number of ether oxygens (including phenoxy) is 1. The second kappa shape index (κ2) is 22.2. The summed E-state index contributed by atoms with van der Waals surface area (Å²) in [5.74, 6) is 1.80. The third kappa shape index (κ3) is 10.4. The maximum atomic E-state index is 9.49. The van der Waals surface area contributed by atoms with Crippen molar-refractivity contribution in [2.24, 2.45) is 0 Å². The summed E-state index contributed by atoms with van der Waals surface area (Å²) >= 11 is 0. The summed E-state index contributed by atoms with van der Waals surface area (Å²) in [6, 6.07) is 74.9. The smallest absolute Gasteiger partial charge is 0.135 e. The van der Waals surface area contributed by atoms with Gasteiger partial charge < -0.3 is 19.4 Å². The number of anilines is 7. The van der Waals surface area contributed by atoms with Crippen LogP contribution in [-0.4, -0.2) is 13.1 Å². The molecule has 0 fully saturated rings. The fourth-order valence-electron chi connectivity index (χ4n) is 13.2. The number of hydrogen-bond donors (Lipinski definition) is 0. The average molecular weight is 1360 g/mol. The topological polar surface area (TPSA) is 31.8 Å². The number of benzene rings is 10. The van der Waals surface area contributed by atoms with Crippen molar-refractivity contribution in [3.63, 3.8) is 0 Å². The molecule has 3 aliphatic heterocycles. The number of fused-ring (bicyclic) bond motifs is 6. The fraction of sp³-hybridized carbons (Fsp3) is 0.195. The van der Waals surface area contributed by atoms with Gasteiger partial charge in [-0.15, -0.1) is 47.9 Å². The second-order valence-electron chi connectivity index (χ2n) is 27.8. The van der Waals surface area contributed by atoms with Crippen LogP contribution < -0.4 is 40.2 Å². The molecule has 0 N–H and O–H groups in total. The molecule has 0 aliphatic carbocycles. The van der Waals surface area contributed by atoms with Gasteiger partial charge in [-0.2, -0.15) is 12.1 Å². The Kier molecular flexibility index (Phi) is 13.3. The predicted molar refractivity (Wildman–Crippen MR) is 372 cm³/mol. The molecule has 1 atom stereocenters. The third-order valence-electron chi connectivity index (χ3n) is 17.9. The summed E-state index contributed by atoms with van der Waals surface area (Å²) in [5, 5.41) is 5.18. The summed E-state index contributed by atoms with van der Waals surface area (Å²) in [5.41, 5.74) is 16.1. The first-order chi connectivity index (χ1) is 44.2. The predicted octanol–water partition coefficient (Wildman–Crippen LogP) is 19.2. The Bertz CT molecular complexity index is 4790. The number of pyridine rings is 1. The largest absolute Gasteiger partial charge is 0.509 e. The van der Waals surface area contributed by atoms with E-state index in [1.807, 2.05) is 55.3 Å². The molecule has 14 rings (SSSR count). The van der Waals surface area contributed by atoms with Crippen LogP contribution in [0.3, 0.4) is 0 Å². The van der Waals surface area contributed by atoms with Crippen molar-refractivity contribution in [2.75, 3.05) is 14.7 Å². The maximum Gasteiger partial charge on any atom is 0.135 e. The van der Waals surface area contributed by atoms with Crippen molar-refractivity contribution in [1.82, 2.24) is 4.98 Å². The van der Waals surface area contributed by atoms with Crippen molar-refractivity contribution in [3.05, 3.63) is 272 Å². The van der Waals surface area contributed by atoms with E-state index < -0.39 is 26.2 Å². The first-order valence-electron chi connectivity index (χ1n) is 33.1. The molecule has 0 saturated heterocycles. The van der Waals surface area contributed by atoms with E-state index in [2.05, 4.69) is 262 Å². The molecule has 5 nitrogen and oxygen atoms in total. The van der Waals surface area contributed by atoms with Crippen molar-refractivity contribution >= 4 is 68.8 Å². The van der Waals surface area contributed by atoms with E-state index in [1.165, 1.54) is 48.6 Å². The quantitative estimate of drug-likeness (QED) is 0.106. The Hall–Kier alpha value is -8.54. The Labute approximate surface area is 550 Å². The van der Waals surface area contributed by atoms with Crippen LogP contribution in [-0.2, 0) is 42.7 Å². The molecule has 11 aromatic rings. The number of hydrogen-bond acceptors (Lipinski definition) is 5. The molecule has 446 valence electrons. The number of nitrogens with zero attached hydrogens (tertiary/aromatic N) is 4. The summed E-state index contributed by atoms with van der Waals surface area (Å²) in [4.78, 5) is 11.6. The van der Waals surface area contributed by atoms with Gasteiger partial charge in [-0.3, -0.25) is 0 Å². The molecule has 89 heavy (non-hydrogen) atoms. The first kappa shape index (κ1) is 53.5. The first-order valence-corrected chi connectivity index (χ1v) is 32.6. The molecule has 1 aromatic heterocycles. The van der Waals surface area contributed by atoms with Crippen molar-refractivity contribution < 1.29 is 32.7 Å². The number of para-hydroxylation sites is 3. The van der Waals surface area contributed by atoms with Crippen LogP contribution in [0, 0.1) is 18.8 Å². The molecule has 7 heteroatoms. The van der Waals surface area contributed by atoms with E-state index in [9.17, 15) is 2.74 Å². The molecule has 0 radical (unpaired) electrons. The van der Waals surface area contributed by atoms with E-state index in [1.54, 1.807) is 0 Å². The van der Waals surface area contributed by atoms with Crippen molar-refractivity contribution in [1.29, 1.82) is 0 Å². The van der Waals surface area contributed by atoms with Crippen LogP contribution in [0.4, 0.5) is 39.9 Å². The van der Waals surface area contributed by atoms with Gasteiger partial charge in [0.15, 0.2) is 0 Å². The molecule has 4 heterocycles. The van der Waals surface area contributed by atoms with Crippen LogP contribution in [0.5, 0.6) is 11.5 Å². The monoisotopic (exact) mass is 1360 g/mol. The Balaban J connectivity index is 0.00000803. The Morgan fingerprint density at radius 2 is 1.00 bits per heavy atom. The van der Waals surface area contributed by atoms with E-state index >= 15 is 0 Å². The molecular weight excluding hydrogens is 1280 g/mol. The molecule has 10 aromatic carbocycles. The zero-order valence-electron chi connectivity index (χ0n) is 57.6. The summed E-state index contributed by atoms with van der Waals surface area (Å²) in [6.45, 7) is 29.0. The molecule has 1 unspecified atom stereocenters. The van der Waals surface area contributed by atoms with Gasteiger partial charge in [0.1, 0.15) is 13.9 Å². The van der Waals surface area contributed by atoms with Gasteiger partial charge in [0.05, 0.1) is 6.85 Å². The van der Waals surface area contributed by atoms with Crippen LogP contribution in [0.1, 0.15) is 112 Å². The van der Waals surface area contributed by atoms with Gasteiger partial charge in [0, 0.05) is 72.6 Å². The van der Waals surface area contributed by atoms with Crippen LogP contribution >= 0.6 is 0 Å². The minimum atomic E-state index is -2.98. The third-order valence-corrected chi connectivity index (χ3v) is 22.8. The minimum Gasteiger partial charge on any atom is -0.509 e. The average Bonchev–Trinajstić information content (AvgIpc) is 1.48. The van der Waals surface area contributed by atoms with E-state index in [-0.39, 0.29) is 60.4 Å². The van der Waals surface area contributed by atoms with Gasteiger partial charge in [-0.25, -0.2) is 4.98 Å². The standard InChI is InChI=1S/C82H75N4OSi.Pt/c1-79(2,3)58-42-43-83-76(50-58)86-72-38-25-35-69-68-32-19-22-39-74(68)88(78(69)72,65-30-17-14-18-31-65)75-41-40-64(52-73(75)86)87-63-29-23-28-62(51-63)84-53-85(71-37-21-20-36-70(71)84)77-66(54-26-15-13-16-27-54)33-24-34-67(77)57-44-55(45-59(48-57)80(4,5)6)56-46-60(81(7,8)9)49-61(47-56)82(10,11)12;/h13-50,53H,1-12H3;/q-3;/i13D,15D,16D,26D,27D;. The van der Waals surface area contributed by atoms with Crippen molar-refractivity contribution in [3.8, 4) is 56.0 Å². The van der Waals surface area contributed by atoms with E-state index in [4.69, 9.17) is 13.8 Å². The molecule has 0 amide bonds. The SMILES string of the molecule is [2H]c1c([2H])c([2H])c(-c2cccc(-c3cc(-c4cc(C(C)(C)C)cc(C(C)(C)C)c4)cc(C(C)(C)C)c3)c2N2[CH-]N(c3[c-]c(Oc4[c-]c5c(cc4)[Si]4(c6ccccc6)c6ccccc6-c6cccc(c64)N5c4cc(C(C)(C)C)ccn4)ccc3)c3ccccc32)c([2H])c1[2H].[Pt]. The van der Waals surface area contributed by atoms with Gasteiger partial charge in [0.2, 0.25) is 0 Å². The fourth-order valence-corrected chi connectivity index (χ4v) is 18.7. The summed E-state index contributed by atoms with van der Waals surface area (Å²) < 4.78 is 52.6. The van der Waals surface area contributed by atoms with Crippen molar-refractivity contribution in [2.45, 2.75) is 105 Å². The van der Waals surface area contributed by atoms with Gasteiger partial charge in [-0.1, -0.05) is 252 Å². The summed E-state index contributed by atoms with van der Waals surface area (Å²) in [6.07, 6.45) is 1.92. The van der Waals surface area contributed by atoms with Crippen LogP contribution in [0.25, 0.3) is 44.5 Å². The van der Waals surface area contributed by atoms with E-state index in [0.29, 0.717) is 28.4 Å². The normalized spacial score (nSPS) is 15.8. The van der Waals surface area contributed by atoms with Crippen LogP contribution in [0.15, 0.2) is 231 Å². The number of aromatic nitrogens is 1. The minimum absolute atomic E-state index is 0. The van der Waals surface area contributed by atoms with E-state index in [0.717, 1.165) is 56.4 Å². The molecule has 0 saturated carbocycles. The van der Waals surface area contributed by atoms with Gasteiger partial charge >= 0.3 is 0 Å². The summed E-state index contributed by atoms with van der Waals surface area (Å²) in [7, 11) is -2.98. The van der Waals surface area contributed by atoms with Gasteiger partial charge in [0.25, 0.3) is 0 Å². The zero-order chi connectivity index (χ0) is 65.4.